The topological polar surface area (TPSA) is 103 Å². The number of hydrogen-bond acceptors (Lipinski definition) is 8. The number of amides is 1. The molecule has 0 aliphatic carbocycles. The van der Waals surface area contributed by atoms with Crippen molar-refractivity contribution in [3.63, 3.8) is 0 Å². The monoisotopic (exact) mass is 473 g/mol. The van der Waals surface area contributed by atoms with E-state index in [1.807, 2.05) is 23.6 Å². The van der Waals surface area contributed by atoms with Crippen molar-refractivity contribution in [2.45, 2.75) is 33.2 Å². The lowest BCUT2D eigenvalue weighted by Crippen LogP contribution is -2.31. The van der Waals surface area contributed by atoms with E-state index in [0.717, 1.165) is 9.44 Å². The quantitative estimate of drug-likeness (QED) is 0.386. The van der Waals surface area contributed by atoms with Crippen LogP contribution >= 0.6 is 35.3 Å². The maximum atomic E-state index is 13.0. The number of nitriles is 1. The highest BCUT2D eigenvalue weighted by Crippen LogP contribution is 2.34. The summed E-state index contributed by atoms with van der Waals surface area (Å²) in [6, 6.07) is 5.16. The highest BCUT2D eigenvalue weighted by Gasteiger charge is 2.33. The predicted molar refractivity (Wildman–Crippen MR) is 125 cm³/mol. The number of hydrogen-bond donors (Lipinski definition) is 1. The van der Waals surface area contributed by atoms with Crippen molar-refractivity contribution in [3.05, 3.63) is 54.3 Å². The molecule has 0 spiro atoms. The van der Waals surface area contributed by atoms with Crippen LogP contribution in [0.4, 0.5) is 0 Å². The predicted octanol–water partition coefficient (Wildman–Crippen LogP) is 3.85. The fraction of sp³-hybridized carbons (Fsp3) is 0.286. The molecule has 1 aliphatic heterocycles. The number of carbonyl (C=O) groups excluding carboxylic acids is 2. The summed E-state index contributed by atoms with van der Waals surface area (Å²) in [7, 11) is 0. The van der Waals surface area contributed by atoms with Gasteiger partial charge in [-0.25, -0.2) is 0 Å². The number of pyridine rings is 1. The van der Waals surface area contributed by atoms with Crippen LogP contribution in [0.2, 0.25) is 0 Å². The van der Waals surface area contributed by atoms with Gasteiger partial charge >= 0.3 is 0 Å². The number of aromatic nitrogens is 1. The Labute approximate surface area is 192 Å². The molecule has 0 saturated carbocycles. The minimum absolute atomic E-state index is 0.0346. The van der Waals surface area contributed by atoms with Crippen LogP contribution in [0.5, 0.6) is 5.88 Å². The maximum Gasteiger partial charge on any atom is 0.271 e. The summed E-state index contributed by atoms with van der Waals surface area (Å²) in [6.45, 7) is 4.84. The normalized spacial score (nSPS) is 15.2. The summed E-state index contributed by atoms with van der Waals surface area (Å²) in [6.07, 6.45) is 1.65. The number of thioether (sulfide) groups is 1. The number of Topliss-reactive ketones (excluding diaryl/α,β-unsaturated/α-hetero) is 1. The highest BCUT2D eigenvalue weighted by atomic mass is 32.2. The average molecular weight is 474 g/mol. The van der Waals surface area contributed by atoms with Gasteiger partial charge in [0.1, 0.15) is 16.0 Å². The van der Waals surface area contributed by atoms with Gasteiger partial charge in [-0.15, -0.1) is 11.3 Å². The molecule has 0 atom stereocenters. The fourth-order valence-electron chi connectivity index (χ4n) is 3.27. The molecule has 1 amide bonds. The summed E-state index contributed by atoms with van der Waals surface area (Å²) < 4.78 is 1.38. The van der Waals surface area contributed by atoms with Gasteiger partial charge in [0.15, 0.2) is 5.78 Å². The van der Waals surface area contributed by atoms with Crippen LogP contribution in [-0.4, -0.2) is 37.1 Å². The molecule has 0 aromatic carbocycles. The van der Waals surface area contributed by atoms with E-state index in [1.54, 1.807) is 19.9 Å². The van der Waals surface area contributed by atoms with Crippen molar-refractivity contribution in [2.75, 3.05) is 6.54 Å². The molecule has 0 radical (unpaired) electrons. The molecular weight excluding hydrogens is 454 g/mol. The van der Waals surface area contributed by atoms with Crippen molar-refractivity contribution < 1.29 is 14.7 Å². The minimum Gasteiger partial charge on any atom is -0.494 e. The van der Waals surface area contributed by atoms with E-state index in [-0.39, 0.29) is 35.6 Å². The molecule has 1 fully saturated rings. The zero-order chi connectivity index (χ0) is 22.9. The molecule has 31 heavy (non-hydrogen) atoms. The van der Waals surface area contributed by atoms with Crippen molar-refractivity contribution in [3.8, 4) is 11.9 Å². The second kappa shape index (κ2) is 9.18. The Balaban J connectivity index is 1.86. The molecule has 0 bridgehead atoms. The van der Waals surface area contributed by atoms with Crippen molar-refractivity contribution in [2.24, 2.45) is 0 Å². The lowest BCUT2D eigenvalue weighted by atomic mass is 9.99. The summed E-state index contributed by atoms with van der Waals surface area (Å²) in [5, 5.41) is 21.9. The standard InChI is InChI=1S/C21H19N3O4S3/c1-11(2)24-18(26)14(10-22)12(3)17(20(24)28)15(25)6-7-23-19(27)16(31-21(23)29)9-13-5-4-8-30-13/h4-5,8-9,11,28H,6-7H2,1-3H3/b16-9-. The minimum atomic E-state index is -0.639. The molecule has 0 unspecified atom stereocenters. The Hall–Kier alpha value is -2.74. The largest absolute Gasteiger partial charge is 0.494 e. The Bertz CT molecular complexity index is 1200. The third kappa shape index (κ3) is 4.35. The van der Waals surface area contributed by atoms with Crippen LogP contribution in [0.3, 0.4) is 0 Å². The number of thiocarbonyl (C=S) groups is 1. The molecule has 1 saturated heterocycles. The van der Waals surface area contributed by atoms with Gasteiger partial charge in [0, 0.05) is 23.9 Å². The summed E-state index contributed by atoms with van der Waals surface area (Å²) in [5.74, 6) is -1.22. The van der Waals surface area contributed by atoms with Crippen LogP contribution < -0.4 is 5.56 Å². The average Bonchev–Trinajstić information content (AvgIpc) is 3.29. The van der Waals surface area contributed by atoms with Crippen LogP contribution in [0, 0.1) is 18.3 Å². The van der Waals surface area contributed by atoms with Gasteiger partial charge in [-0.05, 0) is 43.9 Å². The summed E-state index contributed by atoms with van der Waals surface area (Å²) in [4.78, 5) is 40.9. The molecule has 1 aliphatic rings. The molecule has 160 valence electrons. The Morgan fingerprint density at radius 2 is 2.10 bits per heavy atom. The van der Waals surface area contributed by atoms with Gasteiger partial charge < -0.3 is 5.11 Å². The van der Waals surface area contributed by atoms with E-state index in [4.69, 9.17) is 12.2 Å². The highest BCUT2D eigenvalue weighted by molar-refractivity contribution is 8.26. The number of nitrogens with zero attached hydrogens (tertiary/aromatic N) is 3. The van der Waals surface area contributed by atoms with Gasteiger partial charge in [-0.1, -0.05) is 30.0 Å². The van der Waals surface area contributed by atoms with Crippen LogP contribution in [0.15, 0.2) is 27.2 Å². The zero-order valence-corrected chi connectivity index (χ0v) is 19.5. The number of carbonyl (C=O) groups is 2. The zero-order valence-electron chi connectivity index (χ0n) is 17.0. The third-order valence-corrected chi connectivity index (χ3v) is 6.99. The molecule has 1 N–H and O–H groups in total. The third-order valence-electron chi connectivity index (χ3n) is 4.79. The Kier molecular flexibility index (Phi) is 6.79. The molecular formula is C21H19N3O4S3. The van der Waals surface area contributed by atoms with Crippen LogP contribution in [0.25, 0.3) is 6.08 Å². The second-order valence-electron chi connectivity index (χ2n) is 7.10. The van der Waals surface area contributed by atoms with Gasteiger partial charge in [-0.3, -0.25) is 23.9 Å². The van der Waals surface area contributed by atoms with E-state index in [0.29, 0.717) is 9.23 Å². The number of thiophene rings is 1. The lowest BCUT2D eigenvalue weighted by Gasteiger charge is -2.19. The lowest BCUT2D eigenvalue weighted by molar-refractivity contribution is -0.122. The van der Waals surface area contributed by atoms with Crippen molar-refractivity contribution in [1.82, 2.24) is 9.47 Å². The van der Waals surface area contributed by atoms with Gasteiger partial charge in [0.25, 0.3) is 11.5 Å². The Morgan fingerprint density at radius 1 is 1.39 bits per heavy atom. The number of rotatable bonds is 6. The first-order valence-corrected chi connectivity index (χ1v) is 11.5. The first-order chi connectivity index (χ1) is 14.7. The number of aromatic hydroxyl groups is 1. The first-order valence-electron chi connectivity index (χ1n) is 9.37. The van der Waals surface area contributed by atoms with E-state index < -0.39 is 23.3 Å². The molecule has 3 heterocycles. The van der Waals surface area contributed by atoms with E-state index in [9.17, 15) is 24.8 Å². The van der Waals surface area contributed by atoms with Gasteiger partial charge in [0.2, 0.25) is 5.88 Å². The second-order valence-corrected chi connectivity index (χ2v) is 9.76. The molecule has 2 aromatic heterocycles. The molecule has 3 rings (SSSR count). The summed E-state index contributed by atoms with van der Waals surface area (Å²) >= 11 is 7.98. The van der Waals surface area contributed by atoms with Crippen molar-refractivity contribution >= 4 is 57.4 Å². The maximum absolute atomic E-state index is 13.0. The SMILES string of the molecule is Cc1c(C(=O)CCN2C(=O)/C(=C/c3cccs3)SC2=S)c(O)n(C(C)C)c(=O)c1C#N. The van der Waals surface area contributed by atoms with Crippen molar-refractivity contribution in [1.29, 1.82) is 5.26 Å². The number of ketones is 1. The summed E-state index contributed by atoms with van der Waals surface area (Å²) in [5.41, 5.74) is -0.765. The smallest absolute Gasteiger partial charge is 0.271 e. The van der Waals surface area contributed by atoms with E-state index in [1.165, 1.54) is 34.9 Å². The van der Waals surface area contributed by atoms with E-state index >= 15 is 0 Å². The van der Waals surface area contributed by atoms with Gasteiger partial charge in [-0.2, -0.15) is 5.26 Å². The first kappa shape index (κ1) is 22.9. The van der Waals surface area contributed by atoms with Crippen LogP contribution in [0.1, 0.15) is 52.7 Å². The molecule has 2 aromatic rings. The fourth-order valence-corrected chi connectivity index (χ4v) is 5.30. The van der Waals surface area contributed by atoms with E-state index in [2.05, 4.69) is 0 Å². The molecule has 10 heteroatoms. The Morgan fingerprint density at radius 3 is 2.68 bits per heavy atom. The van der Waals surface area contributed by atoms with Gasteiger partial charge in [0.05, 0.1) is 10.5 Å². The molecule has 7 nitrogen and oxygen atoms in total. The van der Waals surface area contributed by atoms with Crippen LogP contribution in [-0.2, 0) is 4.79 Å².